The number of allylic oxidation sites excluding steroid dienone is 1. The Morgan fingerprint density at radius 2 is 1.84 bits per heavy atom. The van der Waals surface area contributed by atoms with E-state index in [9.17, 15) is 10.3 Å². The highest BCUT2D eigenvalue weighted by atomic mass is 28.4. The van der Waals surface area contributed by atoms with Crippen LogP contribution < -0.4 is 0 Å². The molecule has 0 unspecified atom stereocenters. The van der Waals surface area contributed by atoms with E-state index in [4.69, 9.17) is 9.16 Å². The lowest BCUT2D eigenvalue weighted by atomic mass is 10.2. The van der Waals surface area contributed by atoms with Crippen LogP contribution in [0.3, 0.4) is 0 Å². The summed E-state index contributed by atoms with van der Waals surface area (Å²) in [5.41, 5.74) is 10.0. The number of nitrogens with zero attached hydrogens (tertiary/aromatic N) is 2. The van der Waals surface area contributed by atoms with E-state index in [1.807, 2.05) is 37.3 Å². The zero-order chi connectivity index (χ0) is 19.1. The van der Waals surface area contributed by atoms with E-state index in [1.54, 1.807) is 6.08 Å². The first-order valence-corrected chi connectivity index (χ1v) is 11.4. The van der Waals surface area contributed by atoms with Gasteiger partial charge >= 0.3 is 11.7 Å². The fourth-order valence-electron chi connectivity index (χ4n) is 1.78. The standard InChI is InChI=1S/C19H28N2O3Si/c1-7-11-16(24-25(5,6)19(2,3)4)17(21-20)18(22)23-14-15-12-9-8-10-13-15/h8-13H,7,14H2,1-6H3/b16-11-. The molecule has 5 nitrogen and oxygen atoms in total. The molecule has 0 radical (unpaired) electrons. The van der Waals surface area contributed by atoms with Gasteiger partial charge in [-0.15, -0.1) is 0 Å². The molecule has 0 saturated carbocycles. The molecule has 136 valence electrons. The average Bonchev–Trinajstić information content (AvgIpc) is 2.53. The average molecular weight is 361 g/mol. The lowest BCUT2D eigenvalue weighted by Crippen LogP contribution is -2.42. The van der Waals surface area contributed by atoms with Gasteiger partial charge in [0.25, 0.3) is 8.32 Å². The van der Waals surface area contributed by atoms with E-state index in [0.29, 0.717) is 6.42 Å². The van der Waals surface area contributed by atoms with Gasteiger partial charge in [0.05, 0.1) is 0 Å². The van der Waals surface area contributed by atoms with E-state index >= 15 is 0 Å². The Balaban J connectivity index is 2.94. The maximum absolute atomic E-state index is 12.4. The topological polar surface area (TPSA) is 71.9 Å². The highest BCUT2D eigenvalue weighted by Gasteiger charge is 2.42. The molecule has 0 aliphatic rings. The van der Waals surface area contributed by atoms with Crippen LogP contribution in [0.15, 0.2) is 42.2 Å². The Morgan fingerprint density at radius 3 is 2.32 bits per heavy atom. The third-order valence-electron chi connectivity index (χ3n) is 4.30. The monoisotopic (exact) mass is 360 g/mol. The number of esters is 1. The predicted octanol–water partition coefficient (Wildman–Crippen LogP) is 4.72. The van der Waals surface area contributed by atoms with E-state index < -0.39 is 14.3 Å². The van der Waals surface area contributed by atoms with Gasteiger partial charge in [-0.25, -0.2) is 4.79 Å². The van der Waals surface area contributed by atoms with Crippen molar-refractivity contribution in [3.05, 3.63) is 53.3 Å². The molecule has 0 aliphatic heterocycles. The normalized spacial score (nSPS) is 12.3. The van der Waals surface area contributed by atoms with Crippen LogP contribution in [0.2, 0.25) is 18.1 Å². The van der Waals surface area contributed by atoms with E-state index in [0.717, 1.165) is 5.56 Å². The third kappa shape index (κ3) is 6.00. The van der Waals surface area contributed by atoms with Gasteiger partial charge < -0.3 is 14.7 Å². The van der Waals surface area contributed by atoms with Crippen molar-refractivity contribution in [1.29, 1.82) is 0 Å². The summed E-state index contributed by atoms with van der Waals surface area (Å²) in [6.45, 7) is 12.5. The second-order valence-electron chi connectivity index (χ2n) is 7.35. The van der Waals surface area contributed by atoms with Crippen molar-refractivity contribution in [1.82, 2.24) is 0 Å². The molecule has 6 heteroatoms. The van der Waals surface area contributed by atoms with Crippen molar-refractivity contribution in [2.24, 2.45) is 0 Å². The van der Waals surface area contributed by atoms with E-state index in [2.05, 4.69) is 38.7 Å². The zero-order valence-corrected chi connectivity index (χ0v) is 17.0. The number of hydrogen-bond donors (Lipinski definition) is 0. The van der Waals surface area contributed by atoms with Gasteiger partial charge in [0.15, 0.2) is 5.76 Å². The Hall–Kier alpha value is -2.17. The van der Waals surface area contributed by atoms with E-state index in [1.165, 1.54) is 0 Å². The lowest BCUT2D eigenvalue weighted by Gasteiger charge is -2.36. The lowest BCUT2D eigenvalue weighted by molar-refractivity contribution is -0.141. The van der Waals surface area contributed by atoms with Crippen molar-refractivity contribution in [2.75, 3.05) is 0 Å². The number of benzene rings is 1. The fraction of sp³-hybridized carbons (Fsp3) is 0.474. The van der Waals surface area contributed by atoms with Crippen LogP contribution in [0.1, 0.15) is 39.7 Å². The van der Waals surface area contributed by atoms with Gasteiger partial charge in [0, 0.05) is 0 Å². The molecule has 1 aromatic rings. The Labute approximate surface area is 151 Å². The first-order valence-electron chi connectivity index (χ1n) is 8.45. The quantitative estimate of drug-likeness (QED) is 0.176. The SMILES string of the molecule is CC/C=C(\O[Si](C)(C)C(C)(C)C)C(=[N+]=[N-])C(=O)OCc1ccccc1. The summed E-state index contributed by atoms with van der Waals surface area (Å²) in [5, 5.41) is -0.0473. The van der Waals surface area contributed by atoms with Crippen LogP contribution in [0.4, 0.5) is 0 Å². The molecule has 0 fully saturated rings. The Morgan fingerprint density at radius 1 is 1.24 bits per heavy atom. The molecule has 25 heavy (non-hydrogen) atoms. The first kappa shape index (κ1) is 20.9. The van der Waals surface area contributed by atoms with Crippen molar-refractivity contribution in [2.45, 2.75) is 58.9 Å². The van der Waals surface area contributed by atoms with Gasteiger partial charge in [-0.3, -0.25) is 0 Å². The van der Waals surface area contributed by atoms with Crippen LogP contribution in [-0.4, -0.2) is 24.8 Å². The molecule has 1 rings (SSSR count). The molecule has 0 bridgehead atoms. The highest BCUT2D eigenvalue weighted by molar-refractivity contribution is 6.74. The Bertz CT molecular complexity index is 670. The summed E-state index contributed by atoms with van der Waals surface area (Å²) >= 11 is 0. The van der Waals surface area contributed by atoms with Gasteiger partial charge in [-0.05, 0) is 36.2 Å². The van der Waals surface area contributed by atoms with Crippen LogP contribution in [-0.2, 0) is 20.6 Å². The second-order valence-corrected chi connectivity index (χ2v) is 12.1. The molecule has 0 heterocycles. The van der Waals surface area contributed by atoms with Crippen LogP contribution in [0, 0.1) is 0 Å². The smallest absolute Gasteiger partial charge is 0.438 e. The molecule has 0 spiro atoms. The summed E-state index contributed by atoms with van der Waals surface area (Å²) in [4.78, 5) is 15.5. The van der Waals surface area contributed by atoms with Gasteiger partial charge in [0.1, 0.15) is 6.61 Å². The van der Waals surface area contributed by atoms with Crippen molar-refractivity contribution < 1.29 is 18.7 Å². The minimum Gasteiger partial charge on any atom is -0.538 e. The molecule has 0 aliphatic carbocycles. The van der Waals surface area contributed by atoms with Gasteiger partial charge in [0.2, 0.25) is 0 Å². The molecule has 0 aromatic heterocycles. The summed E-state index contributed by atoms with van der Waals surface area (Å²) in [5.74, 6) is -0.417. The molecule has 0 saturated heterocycles. The highest BCUT2D eigenvalue weighted by Crippen LogP contribution is 2.38. The zero-order valence-electron chi connectivity index (χ0n) is 16.0. The number of ether oxygens (including phenoxy) is 1. The summed E-state index contributed by atoms with van der Waals surface area (Å²) in [7, 11) is -2.19. The van der Waals surface area contributed by atoms with Gasteiger partial charge in [-0.2, -0.15) is 4.79 Å². The van der Waals surface area contributed by atoms with Crippen LogP contribution >= 0.6 is 0 Å². The summed E-state index contributed by atoms with van der Waals surface area (Å²) in [6, 6.07) is 9.34. The second kappa shape index (κ2) is 8.79. The maximum Gasteiger partial charge on any atom is 0.438 e. The summed E-state index contributed by atoms with van der Waals surface area (Å²) < 4.78 is 11.5. The molecular weight excluding hydrogens is 332 g/mol. The van der Waals surface area contributed by atoms with E-state index in [-0.39, 0.29) is 23.1 Å². The number of hydrogen-bond acceptors (Lipinski definition) is 3. The minimum absolute atomic E-state index is 0.0473. The van der Waals surface area contributed by atoms with Crippen LogP contribution in [0.5, 0.6) is 0 Å². The maximum atomic E-state index is 12.4. The molecule has 1 aromatic carbocycles. The van der Waals surface area contributed by atoms with Gasteiger partial charge in [-0.1, -0.05) is 58.0 Å². The molecule has 0 amide bonds. The number of carbonyl (C=O) groups is 1. The molecular formula is C19H28N2O3Si. The fourth-order valence-corrected chi connectivity index (χ4v) is 2.82. The third-order valence-corrected chi connectivity index (χ3v) is 8.64. The molecule has 0 N–H and O–H groups in total. The van der Waals surface area contributed by atoms with Crippen molar-refractivity contribution in [3.63, 3.8) is 0 Å². The minimum atomic E-state index is -2.19. The predicted molar refractivity (Wildman–Crippen MR) is 102 cm³/mol. The number of rotatable bonds is 7. The first-order chi connectivity index (χ1) is 11.6. The Kier molecular flexibility index (Phi) is 7.33. The number of carbonyl (C=O) groups excluding carboxylic acids is 1. The summed E-state index contributed by atoms with van der Waals surface area (Å²) in [6.07, 6.45) is 2.40. The largest absolute Gasteiger partial charge is 0.538 e. The van der Waals surface area contributed by atoms with Crippen molar-refractivity contribution in [3.8, 4) is 0 Å². The van der Waals surface area contributed by atoms with Crippen molar-refractivity contribution >= 4 is 20.0 Å². The molecule has 0 atom stereocenters. The van der Waals surface area contributed by atoms with Crippen LogP contribution in [0.25, 0.3) is 5.53 Å².